The number of Topliss-reactive ketones (excluding diaryl/α,β-unsaturated/α-hetero) is 1. The van der Waals surface area contributed by atoms with Crippen LogP contribution in [0.4, 0.5) is 0 Å². The molecule has 0 unspecified atom stereocenters. The van der Waals surface area contributed by atoms with Crippen LogP contribution in [-0.4, -0.2) is 29.2 Å². The monoisotopic (exact) mass is 239 g/mol. The largest absolute Gasteiger partial charge is 0.332 e. The van der Waals surface area contributed by atoms with Crippen molar-refractivity contribution in [1.29, 1.82) is 0 Å². The van der Waals surface area contributed by atoms with Crippen LogP contribution in [0.15, 0.2) is 0 Å². The molecule has 0 saturated carbocycles. The second-order valence-corrected chi connectivity index (χ2v) is 5.07. The van der Waals surface area contributed by atoms with Gasteiger partial charge in [0.25, 0.3) is 0 Å². The number of hydrogen-bond acceptors (Lipinski definition) is 2. The first kappa shape index (κ1) is 14.2. The summed E-state index contributed by atoms with van der Waals surface area (Å²) in [7, 11) is 0. The van der Waals surface area contributed by atoms with Gasteiger partial charge >= 0.3 is 0 Å². The number of hydrogen-bond donors (Lipinski definition) is 0. The average Bonchev–Trinajstić information content (AvgIpc) is 2.76. The smallest absolute Gasteiger partial charge is 0.226 e. The molecule has 1 amide bonds. The topological polar surface area (TPSA) is 37.4 Å². The molecule has 1 heterocycles. The van der Waals surface area contributed by atoms with Crippen molar-refractivity contribution in [2.75, 3.05) is 6.54 Å². The fraction of sp³-hybridized carbons (Fsp3) is 0.857. The van der Waals surface area contributed by atoms with E-state index < -0.39 is 0 Å². The van der Waals surface area contributed by atoms with Crippen molar-refractivity contribution in [3.8, 4) is 0 Å². The zero-order valence-electron chi connectivity index (χ0n) is 11.4. The highest BCUT2D eigenvalue weighted by Crippen LogP contribution is 2.24. The van der Waals surface area contributed by atoms with E-state index in [0.29, 0.717) is 0 Å². The lowest BCUT2D eigenvalue weighted by Gasteiger charge is -2.27. The van der Waals surface area contributed by atoms with Crippen LogP contribution < -0.4 is 0 Å². The summed E-state index contributed by atoms with van der Waals surface area (Å²) < 4.78 is 0. The zero-order chi connectivity index (χ0) is 12.8. The van der Waals surface area contributed by atoms with Crippen LogP contribution in [0.5, 0.6) is 0 Å². The fourth-order valence-corrected chi connectivity index (χ4v) is 2.78. The highest BCUT2D eigenvalue weighted by Gasteiger charge is 2.34. The maximum Gasteiger partial charge on any atom is 0.226 e. The molecule has 3 heteroatoms. The molecule has 0 aromatic heterocycles. The number of ketones is 1. The van der Waals surface area contributed by atoms with Crippen molar-refractivity contribution in [3.05, 3.63) is 0 Å². The van der Waals surface area contributed by atoms with Gasteiger partial charge in [-0.15, -0.1) is 0 Å². The Morgan fingerprint density at radius 2 is 1.82 bits per heavy atom. The summed E-state index contributed by atoms with van der Waals surface area (Å²) in [6.45, 7) is 6.60. The Morgan fingerprint density at radius 3 is 2.29 bits per heavy atom. The summed E-state index contributed by atoms with van der Waals surface area (Å²) in [5, 5.41) is 0. The van der Waals surface area contributed by atoms with E-state index in [0.717, 1.165) is 45.1 Å². The predicted octanol–water partition coefficient (Wildman–Crippen LogP) is 2.78. The molecule has 1 fully saturated rings. The van der Waals surface area contributed by atoms with E-state index in [1.54, 1.807) is 6.92 Å². The van der Waals surface area contributed by atoms with Crippen LogP contribution in [-0.2, 0) is 9.59 Å². The van der Waals surface area contributed by atoms with Crippen molar-refractivity contribution in [2.24, 2.45) is 5.92 Å². The molecule has 0 radical (unpaired) electrons. The molecule has 0 bridgehead atoms. The lowest BCUT2D eigenvalue weighted by Crippen LogP contribution is -2.42. The van der Waals surface area contributed by atoms with E-state index in [4.69, 9.17) is 0 Å². The first-order chi connectivity index (χ1) is 8.11. The minimum atomic E-state index is -0.140. The van der Waals surface area contributed by atoms with E-state index in [1.165, 1.54) is 0 Å². The number of amides is 1. The highest BCUT2D eigenvalue weighted by atomic mass is 16.2. The second kappa shape index (κ2) is 6.77. The quantitative estimate of drug-likeness (QED) is 0.714. The molecule has 1 aliphatic rings. The molecule has 1 atom stereocenters. The minimum Gasteiger partial charge on any atom is -0.332 e. The van der Waals surface area contributed by atoms with E-state index >= 15 is 0 Å². The first-order valence-corrected chi connectivity index (χ1v) is 6.92. The summed E-state index contributed by atoms with van der Waals surface area (Å²) in [6, 6.07) is -0.140. The predicted molar refractivity (Wildman–Crippen MR) is 68.7 cm³/mol. The van der Waals surface area contributed by atoms with Gasteiger partial charge in [-0.25, -0.2) is 0 Å². The second-order valence-electron chi connectivity index (χ2n) is 5.07. The van der Waals surface area contributed by atoms with Gasteiger partial charge < -0.3 is 4.90 Å². The molecule has 98 valence electrons. The lowest BCUT2D eigenvalue weighted by molar-refractivity contribution is -0.140. The number of nitrogens with zero attached hydrogens (tertiary/aromatic N) is 1. The van der Waals surface area contributed by atoms with E-state index in [2.05, 4.69) is 13.8 Å². The van der Waals surface area contributed by atoms with Crippen molar-refractivity contribution in [3.63, 3.8) is 0 Å². The number of likely N-dealkylation sites (tertiary alicyclic amines) is 1. The molecule has 1 aliphatic heterocycles. The fourth-order valence-electron chi connectivity index (χ4n) is 2.78. The highest BCUT2D eigenvalue weighted by molar-refractivity contribution is 5.88. The molecule has 0 aromatic rings. The summed E-state index contributed by atoms with van der Waals surface area (Å²) >= 11 is 0. The standard InChI is InChI=1S/C14H25NO2/c1-4-7-12(8-5-2)14(17)15-10-6-9-13(15)11(3)16/h12-13H,4-10H2,1-3H3/t13-/m1/s1. The van der Waals surface area contributed by atoms with E-state index in [-0.39, 0.29) is 23.7 Å². The lowest BCUT2D eigenvalue weighted by atomic mass is 9.96. The van der Waals surface area contributed by atoms with Crippen LogP contribution in [0.3, 0.4) is 0 Å². The molecule has 0 aromatic carbocycles. The Bertz CT molecular complexity index is 269. The van der Waals surface area contributed by atoms with Crippen molar-refractivity contribution in [1.82, 2.24) is 4.90 Å². The van der Waals surface area contributed by atoms with Crippen LogP contribution in [0.2, 0.25) is 0 Å². The van der Waals surface area contributed by atoms with Gasteiger partial charge in [0.05, 0.1) is 6.04 Å². The van der Waals surface area contributed by atoms with Gasteiger partial charge in [0, 0.05) is 12.5 Å². The SMILES string of the molecule is CCCC(CCC)C(=O)N1CCC[C@@H]1C(C)=O. The van der Waals surface area contributed by atoms with Crippen LogP contribution in [0.25, 0.3) is 0 Å². The Hall–Kier alpha value is -0.860. The average molecular weight is 239 g/mol. The van der Waals surface area contributed by atoms with Gasteiger partial charge in [-0.05, 0) is 32.6 Å². The maximum absolute atomic E-state index is 12.4. The summed E-state index contributed by atoms with van der Waals surface area (Å²) in [5.41, 5.74) is 0. The van der Waals surface area contributed by atoms with Gasteiger partial charge in [0.2, 0.25) is 5.91 Å². The molecule has 17 heavy (non-hydrogen) atoms. The minimum absolute atomic E-state index is 0.130. The molecule has 0 aliphatic carbocycles. The third kappa shape index (κ3) is 3.55. The maximum atomic E-state index is 12.4. The summed E-state index contributed by atoms with van der Waals surface area (Å²) in [5.74, 6) is 0.485. The number of rotatable bonds is 6. The molecule has 1 saturated heterocycles. The molecule has 1 rings (SSSR count). The van der Waals surface area contributed by atoms with Gasteiger partial charge in [0.15, 0.2) is 5.78 Å². The van der Waals surface area contributed by atoms with Gasteiger partial charge in [-0.2, -0.15) is 0 Å². The summed E-state index contributed by atoms with van der Waals surface area (Å²) in [4.78, 5) is 25.8. The molecular formula is C14H25NO2. The van der Waals surface area contributed by atoms with Gasteiger partial charge in [-0.1, -0.05) is 26.7 Å². The molecule has 0 spiro atoms. The van der Waals surface area contributed by atoms with Gasteiger partial charge in [0.1, 0.15) is 0 Å². The van der Waals surface area contributed by atoms with Crippen molar-refractivity contribution >= 4 is 11.7 Å². The Labute approximate surface area is 105 Å². The van der Waals surface area contributed by atoms with Crippen LogP contribution >= 0.6 is 0 Å². The Kier molecular flexibility index (Phi) is 5.66. The van der Waals surface area contributed by atoms with Crippen LogP contribution in [0.1, 0.15) is 59.3 Å². The normalized spacial score (nSPS) is 20.0. The zero-order valence-corrected chi connectivity index (χ0v) is 11.4. The van der Waals surface area contributed by atoms with Crippen molar-refractivity contribution < 1.29 is 9.59 Å². The number of carbonyl (C=O) groups excluding carboxylic acids is 2. The first-order valence-electron chi connectivity index (χ1n) is 6.92. The van der Waals surface area contributed by atoms with Crippen molar-refractivity contribution in [2.45, 2.75) is 65.3 Å². The van der Waals surface area contributed by atoms with Crippen LogP contribution in [0, 0.1) is 5.92 Å². The van der Waals surface area contributed by atoms with Gasteiger partial charge in [-0.3, -0.25) is 9.59 Å². The molecular weight excluding hydrogens is 214 g/mol. The Morgan fingerprint density at radius 1 is 1.24 bits per heavy atom. The van der Waals surface area contributed by atoms with E-state index in [9.17, 15) is 9.59 Å². The molecule has 0 N–H and O–H groups in total. The number of carbonyl (C=O) groups is 2. The summed E-state index contributed by atoms with van der Waals surface area (Å²) in [6.07, 6.45) is 5.80. The third-order valence-electron chi connectivity index (χ3n) is 3.63. The van der Waals surface area contributed by atoms with E-state index in [1.807, 2.05) is 4.90 Å². The third-order valence-corrected chi connectivity index (χ3v) is 3.63. The molecule has 3 nitrogen and oxygen atoms in total. The Balaban J connectivity index is 2.68.